The summed E-state index contributed by atoms with van der Waals surface area (Å²) in [6.45, 7) is 12.6. The van der Waals surface area contributed by atoms with Crippen molar-refractivity contribution in [2.24, 2.45) is 0 Å². The molecule has 1 aromatic carbocycles. The van der Waals surface area contributed by atoms with Gasteiger partial charge in [0.05, 0.1) is 6.61 Å². The minimum Gasteiger partial charge on any atom is -0.380 e. The summed E-state index contributed by atoms with van der Waals surface area (Å²) in [7, 11) is 0. The van der Waals surface area contributed by atoms with E-state index in [-0.39, 0.29) is 0 Å². The van der Waals surface area contributed by atoms with Gasteiger partial charge < -0.3 is 10.1 Å². The van der Waals surface area contributed by atoms with Crippen molar-refractivity contribution in [2.75, 3.05) is 39.4 Å². The lowest BCUT2D eigenvalue weighted by atomic mass is 10.0. The van der Waals surface area contributed by atoms with Crippen LogP contribution in [-0.4, -0.2) is 44.3 Å². The maximum Gasteiger partial charge on any atom is 0.0593 e. The molecule has 0 saturated carbocycles. The number of ether oxygens (including phenoxy) is 1. The van der Waals surface area contributed by atoms with E-state index in [1.54, 1.807) is 0 Å². The molecule has 1 saturated heterocycles. The highest BCUT2D eigenvalue weighted by Gasteiger charge is 2.17. The molecule has 3 nitrogen and oxygen atoms in total. The van der Waals surface area contributed by atoms with Gasteiger partial charge in [-0.3, -0.25) is 4.90 Å². The van der Waals surface area contributed by atoms with E-state index in [2.05, 4.69) is 49.2 Å². The van der Waals surface area contributed by atoms with Crippen LogP contribution in [0.3, 0.4) is 0 Å². The molecule has 1 fully saturated rings. The van der Waals surface area contributed by atoms with Gasteiger partial charge >= 0.3 is 0 Å². The smallest absolute Gasteiger partial charge is 0.0593 e. The highest BCUT2D eigenvalue weighted by atomic mass is 16.5. The van der Waals surface area contributed by atoms with Crippen LogP contribution >= 0.6 is 0 Å². The van der Waals surface area contributed by atoms with E-state index in [1.165, 1.54) is 16.7 Å². The lowest BCUT2D eigenvalue weighted by Crippen LogP contribution is -2.36. The Morgan fingerprint density at radius 3 is 2.60 bits per heavy atom. The van der Waals surface area contributed by atoms with Crippen LogP contribution in [0.1, 0.15) is 36.1 Å². The summed E-state index contributed by atoms with van der Waals surface area (Å²) >= 11 is 0. The summed E-state index contributed by atoms with van der Waals surface area (Å²) in [6.07, 6.45) is 1.14. The minimum atomic E-state index is 0.414. The van der Waals surface area contributed by atoms with Gasteiger partial charge in [0, 0.05) is 32.3 Å². The molecule has 1 atom stereocenters. The van der Waals surface area contributed by atoms with E-state index in [0.29, 0.717) is 6.04 Å². The van der Waals surface area contributed by atoms with Crippen LogP contribution in [0.2, 0.25) is 0 Å². The first-order valence-electron chi connectivity index (χ1n) is 7.80. The highest BCUT2D eigenvalue weighted by Crippen LogP contribution is 2.19. The van der Waals surface area contributed by atoms with Crippen molar-refractivity contribution in [3.05, 3.63) is 34.9 Å². The summed E-state index contributed by atoms with van der Waals surface area (Å²) in [4.78, 5) is 2.53. The molecule has 1 aromatic rings. The van der Waals surface area contributed by atoms with Gasteiger partial charge in [-0.25, -0.2) is 0 Å². The molecule has 20 heavy (non-hydrogen) atoms. The summed E-state index contributed by atoms with van der Waals surface area (Å²) in [6, 6.07) is 7.28. The quantitative estimate of drug-likeness (QED) is 0.895. The molecule has 0 aliphatic carbocycles. The number of aryl methyl sites for hydroxylation is 2. The molecule has 112 valence electrons. The second-order valence-corrected chi connectivity index (χ2v) is 5.80. The molecule has 1 aliphatic heterocycles. The van der Waals surface area contributed by atoms with Crippen molar-refractivity contribution >= 4 is 0 Å². The number of rotatable bonds is 5. The largest absolute Gasteiger partial charge is 0.380 e. The summed E-state index contributed by atoms with van der Waals surface area (Å²) in [5, 5.41) is 3.64. The molecule has 0 bridgehead atoms. The second kappa shape index (κ2) is 7.77. The Bertz CT molecular complexity index is 391. The summed E-state index contributed by atoms with van der Waals surface area (Å²) < 4.78 is 5.55. The standard InChI is InChI=1S/C17H28N2O/c1-4-18-17(13-19-6-5-8-20-9-7-19)16-11-14(2)10-15(3)12-16/h10-12,17-18H,4-9,13H2,1-3H3. The molecular formula is C17H28N2O. The van der Waals surface area contributed by atoms with Crippen LogP contribution in [0, 0.1) is 13.8 Å². The Balaban J connectivity index is 2.08. The predicted octanol–water partition coefficient (Wildman–Crippen LogP) is 2.68. The average Bonchev–Trinajstić information content (AvgIpc) is 2.65. The van der Waals surface area contributed by atoms with Gasteiger partial charge in [-0.1, -0.05) is 36.2 Å². The average molecular weight is 276 g/mol. The molecule has 0 aromatic heterocycles. The van der Waals surface area contributed by atoms with E-state index in [1.807, 2.05) is 0 Å². The fourth-order valence-corrected chi connectivity index (χ4v) is 2.98. The Kier molecular flexibility index (Phi) is 6.02. The van der Waals surface area contributed by atoms with Crippen LogP contribution in [0.25, 0.3) is 0 Å². The van der Waals surface area contributed by atoms with Gasteiger partial charge in [-0.2, -0.15) is 0 Å². The topological polar surface area (TPSA) is 24.5 Å². The number of benzene rings is 1. The van der Waals surface area contributed by atoms with Crippen molar-refractivity contribution < 1.29 is 4.74 Å². The number of nitrogens with one attached hydrogen (secondary N) is 1. The predicted molar refractivity (Wildman–Crippen MR) is 84.2 cm³/mol. The Morgan fingerprint density at radius 2 is 1.90 bits per heavy atom. The van der Waals surface area contributed by atoms with Gasteiger partial charge in [-0.15, -0.1) is 0 Å². The van der Waals surface area contributed by atoms with E-state index in [4.69, 9.17) is 4.74 Å². The van der Waals surface area contributed by atoms with Gasteiger partial charge in [0.2, 0.25) is 0 Å². The molecule has 1 unspecified atom stereocenters. The SMILES string of the molecule is CCNC(CN1CCCOCC1)c1cc(C)cc(C)c1. The van der Waals surface area contributed by atoms with Gasteiger partial charge in [0.15, 0.2) is 0 Å². The molecule has 2 rings (SSSR count). The fraction of sp³-hybridized carbons (Fsp3) is 0.647. The number of likely N-dealkylation sites (N-methyl/N-ethyl adjacent to an activating group) is 1. The lowest BCUT2D eigenvalue weighted by Gasteiger charge is -2.27. The first-order chi connectivity index (χ1) is 9.69. The zero-order chi connectivity index (χ0) is 14.4. The van der Waals surface area contributed by atoms with Crippen LogP contribution in [0.5, 0.6) is 0 Å². The molecule has 1 heterocycles. The van der Waals surface area contributed by atoms with Gasteiger partial charge in [0.1, 0.15) is 0 Å². The molecule has 1 N–H and O–H groups in total. The summed E-state index contributed by atoms with van der Waals surface area (Å²) in [5.41, 5.74) is 4.11. The molecule has 0 amide bonds. The second-order valence-electron chi connectivity index (χ2n) is 5.80. The molecule has 0 spiro atoms. The van der Waals surface area contributed by atoms with Crippen LogP contribution in [0.15, 0.2) is 18.2 Å². The van der Waals surface area contributed by atoms with Gasteiger partial charge in [0.25, 0.3) is 0 Å². The third kappa shape index (κ3) is 4.58. The highest BCUT2D eigenvalue weighted by molar-refractivity contribution is 5.31. The van der Waals surface area contributed by atoms with Gasteiger partial charge in [-0.05, 0) is 32.4 Å². The maximum absolute atomic E-state index is 5.55. The molecule has 0 radical (unpaired) electrons. The van der Waals surface area contributed by atoms with Crippen molar-refractivity contribution in [3.8, 4) is 0 Å². The monoisotopic (exact) mass is 276 g/mol. The number of hydrogen-bond donors (Lipinski definition) is 1. The summed E-state index contributed by atoms with van der Waals surface area (Å²) in [5.74, 6) is 0. The van der Waals surface area contributed by atoms with Crippen LogP contribution < -0.4 is 5.32 Å². The van der Waals surface area contributed by atoms with E-state index in [0.717, 1.165) is 45.8 Å². The molecule has 3 heteroatoms. The first kappa shape index (κ1) is 15.5. The third-order valence-corrected chi connectivity index (χ3v) is 3.85. The Labute approximate surface area is 123 Å². The van der Waals surface area contributed by atoms with Crippen molar-refractivity contribution in [1.29, 1.82) is 0 Å². The molecule has 1 aliphatic rings. The molecular weight excluding hydrogens is 248 g/mol. The van der Waals surface area contributed by atoms with Crippen LogP contribution in [0.4, 0.5) is 0 Å². The third-order valence-electron chi connectivity index (χ3n) is 3.85. The maximum atomic E-state index is 5.55. The number of hydrogen-bond acceptors (Lipinski definition) is 3. The van der Waals surface area contributed by atoms with Crippen molar-refractivity contribution in [3.63, 3.8) is 0 Å². The van der Waals surface area contributed by atoms with E-state index >= 15 is 0 Å². The normalized spacial score (nSPS) is 18.8. The van der Waals surface area contributed by atoms with Crippen LogP contribution in [-0.2, 0) is 4.74 Å². The van der Waals surface area contributed by atoms with Crippen molar-refractivity contribution in [2.45, 2.75) is 33.2 Å². The zero-order valence-electron chi connectivity index (χ0n) is 13.1. The van der Waals surface area contributed by atoms with E-state index < -0.39 is 0 Å². The number of nitrogens with zero attached hydrogens (tertiary/aromatic N) is 1. The Morgan fingerprint density at radius 1 is 1.15 bits per heavy atom. The van der Waals surface area contributed by atoms with E-state index in [9.17, 15) is 0 Å². The van der Waals surface area contributed by atoms with Crippen molar-refractivity contribution in [1.82, 2.24) is 10.2 Å². The Hall–Kier alpha value is -0.900. The fourth-order valence-electron chi connectivity index (χ4n) is 2.98. The lowest BCUT2D eigenvalue weighted by molar-refractivity contribution is 0.139. The minimum absolute atomic E-state index is 0.414. The first-order valence-corrected chi connectivity index (χ1v) is 7.80. The zero-order valence-corrected chi connectivity index (χ0v) is 13.1.